The van der Waals surface area contributed by atoms with Gasteiger partial charge in [0.1, 0.15) is 5.00 Å². The van der Waals surface area contributed by atoms with Gasteiger partial charge < -0.3 is 24.4 Å². The lowest BCUT2D eigenvalue weighted by Gasteiger charge is -2.34. The number of esters is 1. The highest BCUT2D eigenvalue weighted by Crippen LogP contribution is 2.27. The van der Waals surface area contributed by atoms with Crippen molar-refractivity contribution in [1.29, 1.82) is 0 Å². The summed E-state index contributed by atoms with van der Waals surface area (Å²) in [5.41, 5.74) is 0.395. The molecule has 2 fully saturated rings. The average Bonchev–Trinajstić information content (AvgIpc) is 3.19. The summed E-state index contributed by atoms with van der Waals surface area (Å²) < 4.78 is 16.1. The molecule has 126 valence electrons. The number of hydrogen-bond donors (Lipinski definition) is 2. The zero-order chi connectivity index (χ0) is 16.3. The Kier molecular flexibility index (Phi) is 4.96. The van der Waals surface area contributed by atoms with Crippen molar-refractivity contribution in [2.75, 3.05) is 45.3 Å². The minimum absolute atomic E-state index is 0.100. The molecule has 1 amide bonds. The first-order valence-electron chi connectivity index (χ1n) is 7.69. The van der Waals surface area contributed by atoms with Crippen molar-refractivity contribution in [3.05, 3.63) is 17.0 Å². The van der Waals surface area contributed by atoms with Gasteiger partial charge in [-0.2, -0.15) is 0 Å². The molecule has 3 heterocycles. The summed E-state index contributed by atoms with van der Waals surface area (Å²) in [4.78, 5) is 25.0. The Balaban J connectivity index is 1.50. The molecule has 2 saturated heterocycles. The molecule has 0 radical (unpaired) electrons. The van der Waals surface area contributed by atoms with Gasteiger partial charge in [0.25, 0.3) is 5.91 Å². The molecule has 0 bridgehead atoms. The molecule has 0 unspecified atom stereocenters. The molecule has 7 nitrogen and oxygen atoms in total. The Labute approximate surface area is 138 Å². The zero-order valence-electron chi connectivity index (χ0n) is 13.1. The Bertz CT molecular complexity index is 572. The van der Waals surface area contributed by atoms with Crippen molar-refractivity contribution in [1.82, 2.24) is 0 Å². The summed E-state index contributed by atoms with van der Waals surface area (Å²) in [6, 6.07) is 1.65. The second-order valence-electron chi connectivity index (χ2n) is 5.74. The minimum Gasteiger partial charge on any atom is -0.465 e. The lowest BCUT2D eigenvalue weighted by Crippen LogP contribution is -3.14. The Morgan fingerprint density at radius 2 is 2.04 bits per heavy atom. The third-order valence-corrected chi connectivity index (χ3v) is 5.10. The smallest absolute Gasteiger partial charge is 0.340 e. The quantitative estimate of drug-likeness (QED) is 0.748. The molecule has 0 aromatic carbocycles. The van der Waals surface area contributed by atoms with Gasteiger partial charge in [0.05, 0.1) is 51.8 Å². The molecule has 1 aromatic rings. The summed E-state index contributed by atoms with van der Waals surface area (Å²) in [5.74, 6) is -0.952. The summed E-state index contributed by atoms with van der Waals surface area (Å²) in [6.07, 6.45) is 1.62. The van der Waals surface area contributed by atoms with Crippen molar-refractivity contribution >= 4 is 28.2 Å². The number of carbonyl (C=O) groups is 2. The van der Waals surface area contributed by atoms with Gasteiger partial charge in [0, 0.05) is 0 Å². The van der Waals surface area contributed by atoms with Crippen molar-refractivity contribution in [3.63, 3.8) is 0 Å². The van der Waals surface area contributed by atoms with E-state index >= 15 is 0 Å². The fourth-order valence-electron chi connectivity index (χ4n) is 3.02. The number of anilines is 1. The lowest BCUT2D eigenvalue weighted by molar-refractivity contribution is -0.900. The van der Waals surface area contributed by atoms with E-state index in [4.69, 9.17) is 14.2 Å². The SMILES string of the molecule is COC(=O)c1ccsc1NC(=O)C[NH+]1CCC2(CC1)OCCO2. The fraction of sp³-hybridized carbons (Fsp3) is 0.600. The van der Waals surface area contributed by atoms with Crippen LogP contribution < -0.4 is 10.2 Å². The van der Waals surface area contributed by atoms with E-state index in [2.05, 4.69) is 5.32 Å². The van der Waals surface area contributed by atoms with E-state index in [-0.39, 0.29) is 5.91 Å². The van der Waals surface area contributed by atoms with Gasteiger partial charge in [-0.15, -0.1) is 11.3 Å². The lowest BCUT2D eigenvalue weighted by atomic mass is 10.0. The predicted molar refractivity (Wildman–Crippen MR) is 83.7 cm³/mol. The molecule has 3 rings (SSSR count). The largest absolute Gasteiger partial charge is 0.465 e. The molecule has 1 aromatic heterocycles. The molecule has 1 spiro atoms. The second-order valence-corrected chi connectivity index (χ2v) is 6.65. The first-order chi connectivity index (χ1) is 11.1. The van der Waals surface area contributed by atoms with Crippen LogP contribution in [0, 0.1) is 0 Å². The number of hydrogen-bond acceptors (Lipinski definition) is 6. The molecule has 2 N–H and O–H groups in total. The van der Waals surface area contributed by atoms with Gasteiger partial charge >= 0.3 is 5.97 Å². The standard InChI is InChI=1S/C15H20N2O5S/c1-20-14(19)11-2-9-23-13(11)16-12(18)10-17-5-3-15(4-6-17)21-7-8-22-15/h2,9H,3-8,10H2,1H3,(H,16,18)/p+1. The highest BCUT2D eigenvalue weighted by molar-refractivity contribution is 7.14. The maximum Gasteiger partial charge on any atom is 0.340 e. The van der Waals surface area contributed by atoms with E-state index in [1.165, 1.54) is 23.3 Å². The normalized spacial score (nSPS) is 20.6. The van der Waals surface area contributed by atoms with E-state index in [1.54, 1.807) is 11.4 Å². The van der Waals surface area contributed by atoms with E-state index in [9.17, 15) is 9.59 Å². The van der Waals surface area contributed by atoms with Crippen LogP contribution in [0.4, 0.5) is 5.00 Å². The molecule has 2 aliphatic heterocycles. The molecule has 0 aliphatic carbocycles. The van der Waals surface area contributed by atoms with Crippen LogP contribution in [0.3, 0.4) is 0 Å². The van der Waals surface area contributed by atoms with Crippen LogP contribution in [0.25, 0.3) is 0 Å². The number of carbonyl (C=O) groups excluding carboxylic acids is 2. The van der Waals surface area contributed by atoms with Crippen LogP contribution in [0.5, 0.6) is 0 Å². The molecular weight excluding hydrogens is 320 g/mol. The van der Waals surface area contributed by atoms with Gasteiger partial charge in [-0.3, -0.25) is 4.79 Å². The second kappa shape index (κ2) is 6.96. The maximum absolute atomic E-state index is 12.2. The monoisotopic (exact) mass is 341 g/mol. The van der Waals surface area contributed by atoms with Gasteiger partial charge in [0.15, 0.2) is 12.3 Å². The van der Waals surface area contributed by atoms with Crippen LogP contribution in [-0.4, -0.2) is 57.6 Å². The topological polar surface area (TPSA) is 78.3 Å². The fourth-order valence-corrected chi connectivity index (χ4v) is 3.81. The van der Waals surface area contributed by atoms with Crippen LogP contribution >= 0.6 is 11.3 Å². The number of amides is 1. The van der Waals surface area contributed by atoms with Crippen molar-refractivity contribution in [3.8, 4) is 0 Å². The van der Waals surface area contributed by atoms with Gasteiger partial charge in [-0.25, -0.2) is 4.79 Å². The van der Waals surface area contributed by atoms with Crippen molar-refractivity contribution in [2.45, 2.75) is 18.6 Å². The summed E-state index contributed by atoms with van der Waals surface area (Å²) in [7, 11) is 1.33. The summed E-state index contributed by atoms with van der Waals surface area (Å²) in [6.45, 7) is 3.35. The highest BCUT2D eigenvalue weighted by Gasteiger charge is 2.42. The van der Waals surface area contributed by atoms with Crippen LogP contribution in [0.15, 0.2) is 11.4 Å². The first kappa shape index (κ1) is 16.4. The van der Waals surface area contributed by atoms with Crippen LogP contribution in [0.2, 0.25) is 0 Å². The number of quaternary nitrogens is 1. The Morgan fingerprint density at radius 3 is 2.70 bits per heavy atom. The number of piperidine rings is 1. The predicted octanol–water partition coefficient (Wildman–Crippen LogP) is -0.105. The van der Waals surface area contributed by atoms with Gasteiger partial charge in [0.2, 0.25) is 0 Å². The highest BCUT2D eigenvalue weighted by atomic mass is 32.1. The van der Waals surface area contributed by atoms with E-state index < -0.39 is 11.8 Å². The third kappa shape index (κ3) is 3.72. The molecule has 0 atom stereocenters. The number of ether oxygens (including phenoxy) is 3. The van der Waals surface area contributed by atoms with Crippen LogP contribution in [0.1, 0.15) is 23.2 Å². The summed E-state index contributed by atoms with van der Waals surface area (Å²) >= 11 is 1.32. The number of nitrogens with one attached hydrogen (secondary N) is 2. The van der Waals surface area contributed by atoms with E-state index in [0.29, 0.717) is 30.3 Å². The molecule has 0 saturated carbocycles. The molecule has 8 heteroatoms. The zero-order valence-corrected chi connectivity index (χ0v) is 13.9. The first-order valence-corrected chi connectivity index (χ1v) is 8.57. The van der Waals surface area contributed by atoms with Crippen LogP contribution in [-0.2, 0) is 19.0 Å². The number of methoxy groups -OCH3 is 1. The Hall–Kier alpha value is -1.48. The Morgan fingerprint density at radius 1 is 1.35 bits per heavy atom. The van der Waals surface area contributed by atoms with Crippen molar-refractivity contribution < 1.29 is 28.7 Å². The van der Waals surface area contributed by atoms with Gasteiger partial charge in [-0.1, -0.05) is 0 Å². The molecule has 23 heavy (non-hydrogen) atoms. The van der Waals surface area contributed by atoms with E-state index in [1.807, 2.05) is 0 Å². The van der Waals surface area contributed by atoms with Gasteiger partial charge in [-0.05, 0) is 11.4 Å². The summed E-state index contributed by atoms with van der Waals surface area (Å²) in [5, 5.41) is 5.11. The average molecular weight is 341 g/mol. The molecular formula is C15H21N2O5S+. The number of rotatable bonds is 4. The number of likely N-dealkylation sites (tertiary alicyclic amines) is 1. The van der Waals surface area contributed by atoms with Crippen molar-refractivity contribution in [2.24, 2.45) is 0 Å². The van der Waals surface area contributed by atoms with E-state index in [0.717, 1.165) is 25.9 Å². The third-order valence-electron chi connectivity index (χ3n) is 4.27. The number of thiophene rings is 1. The molecule has 2 aliphatic rings. The minimum atomic E-state index is -0.440. The maximum atomic E-state index is 12.2.